The Kier molecular flexibility index (Phi) is 6.72. The second-order valence-corrected chi connectivity index (χ2v) is 10.0. The highest BCUT2D eigenvalue weighted by Gasteiger charge is 2.39. The van der Waals surface area contributed by atoms with Gasteiger partial charge >= 0.3 is 6.09 Å². The van der Waals surface area contributed by atoms with Crippen molar-refractivity contribution in [2.45, 2.75) is 76.5 Å². The smallest absolute Gasteiger partial charge is 0.414 e. The Hall–Kier alpha value is -3.01. The average molecular weight is 503 g/mol. The van der Waals surface area contributed by atoms with Crippen LogP contribution in [0.1, 0.15) is 58.4 Å². The Bertz CT molecular complexity index is 1120. The predicted octanol–water partition coefficient (Wildman–Crippen LogP) is 5.18. The van der Waals surface area contributed by atoms with Gasteiger partial charge < -0.3 is 14.4 Å². The highest BCUT2D eigenvalue weighted by atomic mass is 19.3. The van der Waals surface area contributed by atoms with Gasteiger partial charge in [0.15, 0.2) is 0 Å². The van der Waals surface area contributed by atoms with Crippen molar-refractivity contribution in [3.05, 3.63) is 30.6 Å². The summed E-state index contributed by atoms with van der Waals surface area (Å²) in [6, 6.07) is 5.66. The molecule has 0 bridgehead atoms. The van der Waals surface area contributed by atoms with Crippen molar-refractivity contribution in [3.8, 4) is 11.1 Å². The maximum absolute atomic E-state index is 13.6. The minimum atomic E-state index is -2.69. The van der Waals surface area contributed by atoms with Crippen molar-refractivity contribution in [1.29, 1.82) is 0 Å². The number of amides is 2. The van der Waals surface area contributed by atoms with Gasteiger partial charge in [0.05, 0.1) is 29.7 Å². The van der Waals surface area contributed by atoms with Crippen LogP contribution in [-0.4, -0.2) is 59.6 Å². The molecule has 5 rings (SSSR count). The normalized spacial score (nSPS) is 22.8. The van der Waals surface area contributed by atoms with E-state index in [1.165, 1.54) is 11.8 Å². The fourth-order valence-electron chi connectivity index (χ4n) is 5.43. The first-order chi connectivity index (χ1) is 17.2. The molecule has 3 aliphatic rings. The van der Waals surface area contributed by atoms with Gasteiger partial charge in [-0.15, -0.1) is 0 Å². The molecule has 3 heterocycles. The highest BCUT2D eigenvalue weighted by Crippen LogP contribution is 2.40. The Morgan fingerprint density at radius 1 is 1.08 bits per heavy atom. The fraction of sp³-hybridized carbons (Fsp3) is 0.577. The summed E-state index contributed by atoms with van der Waals surface area (Å²) in [7, 11) is 0. The van der Waals surface area contributed by atoms with E-state index in [4.69, 9.17) is 9.47 Å². The van der Waals surface area contributed by atoms with Crippen LogP contribution in [-0.2, 0) is 14.3 Å². The highest BCUT2D eigenvalue weighted by molar-refractivity contribution is 6.03. The lowest BCUT2D eigenvalue weighted by Crippen LogP contribution is -2.52. The van der Waals surface area contributed by atoms with Crippen LogP contribution in [0.15, 0.2) is 30.6 Å². The van der Waals surface area contributed by atoms with Crippen molar-refractivity contribution in [1.82, 2.24) is 9.78 Å². The van der Waals surface area contributed by atoms with Crippen molar-refractivity contribution >= 4 is 23.4 Å². The molecule has 0 radical (unpaired) electrons. The third-order valence-electron chi connectivity index (χ3n) is 7.40. The van der Waals surface area contributed by atoms with E-state index < -0.39 is 18.1 Å². The van der Waals surface area contributed by atoms with Crippen LogP contribution in [0.5, 0.6) is 0 Å². The van der Waals surface area contributed by atoms with E-state index >= 15 is 0 Å². The molecule has 194 valence electrons. The number of ether oxygens (including phenoxy) is 2. The molecule has 1 saturated carbocycles. The zero-order chi connectivity index (χ0) is 25.4. The maximum atomic E-state index is 13.6. The standard InChI is InChI=1S/C26H32F2N4O4/c1-17-15-30(25(34)36-22-5-9-26(27,28)10-6-22)24-13-19(3-4-23(24)32(17)18(2)33)20-14-29-31(16-20)21-7-11-35-12-8-21/h3-4,13-14,16-17,21-22H,5-12,15H2,1-2H3. The van der Waals surface area contributed by atoms with Crippen molar-refractivity contribution in [2.75, 3.05) is 29.6 Å². The Morgan fingerprint density at radius 3 is 2.50 bits per heavy atom. The summed E-state index contributed by atoms with van der Waals surface area (Å²) in [4.78, 5) is 28.9. The van der Waals surface area contributed by atoms with Crippen LogP contribution >= 0.6 is 0 Å². The van der Waals surface area contributed by atoms with Crippen molar-refractivity contribution < 1.29 is 27.8 Å². The third kappa shape index (κ3) is 4.96. The lowest BCUT2D eigenvalue weighted by molar-refractivity contribution is -0.117. The number of carbonyl (C=O) groups is 2. The number of benzene rings is 1. The summed E-state index contributed by atoms with van der Waals surface area (Å²) >= 11 is 0. The third-order valence-corrected chi connectivity index (χ3v) is 7.40. The summed E-state index contributed by atoms with van der Waals surface area (Å²) < 4.78 is 40.2. The van der Waals surface area contributed by atoms with Gasteiger partial charge in [0.2, 0.25) is 11.8 Å². The number of fused-ring (bicyclic) bond motifs is 1. The summed E-state index contributed by atoms with van der Waals surface area (Å²) in [5.74, 6) is -2.81. The van der Waals surface area contributed by atoms with Gasteiger partial charge in [0.25, 0.3) is 0 Å². The molecule has 2 aliphatic heterocycles. The van der Waals surface area contributed by atoms with E-state index in [1.807, 2.05) is 36.0 Å². The zero-order valence-electron chi connectivity index (χ0n) is 20.7. The number of aromatic nitrogens is 2. The molecule has 10 heteroatoms. The molecule has 1 saturated heterocycles. The van der Waals surface area contributed by atoms with Gasteiger partial charge in [0.1, 0.15) is 6.10 Å². The minimum absolute atomic E-state index is 0.119. The van der Waals surface area contributed by atoms with Crippen LogP contribution in [0.3, 0.4) is 0 Å². The number of hydrogen-bond acceptors (Lipinski definition) is 5. The maximum Gasteiger partial charge on any atom is 0.414 e. The zero-order valence-corrected chi connectivity index (χ0v) is 20.7. The SMILES string of the molecule is CC(=O)N1c2ccc(-c3cnn(C4CCOCC4)c3)cc2N(C(=O)OC2CCC(F)(F)CC2)CC1C. The monoisotopic (exact) mass is 502 g/mol. The fourth-order valence-corrected chi connectivity index (χ4v) is 5.43. The van der Waals surface area contributed by atoms with Crippen LogP contribution in [0.25, 0.3) is 11.1 Å². The molecule has 1 aromatic carbocycles. The molecule has 36 heavy (non-hydrogen) atoms. The first-order valence-electron chi connectivity index (χ1n) is 12.6. The molecule has 8 nitrogen and oxygen atoms in total. The number of alkyl halides is 2. The van der Waals surface area contributed by atoms with Crippen LogP contribution in [0.2, 0.25) is 0 Å². The molecule has 2 amide bonds. The van der Waals surface area contributed by atoms with Gasteiger partial charge in [-0.2, -0.15) is 5.10 Å². The quantitative estimate of drug-likeness (QED) is 0.578. The van der Waals surface area contributed by atoms with Crippen molar-refractivity contribution in [3.63, 3.8) is 0 Å². The first kappa shape index (κ1) is 24.7. The van der Waals surface area contributed by atoms with E-state index in [0.717, 1.165) is 24.0 Å². The number of halogens is 2. The summed E-state index contributed by atoms with van der Waals surface area (Å²) in [6.07, 6.45) is 4.22. The number of hydrogen-bond donors (Lipinski definition) is 0. The number of anilines is 2. The predicted molar refractivity (Wildman–Crippen MR) is 130 cm³/mol. The molecule has 1 unspecified atom stereocenters. The largest absolute Gasteiger partial charge is 0.446 e. The summed E-state index contributed by atoms with van der Waals surface area (Å²) in [6.45, 7) is 5.06. The molecule has 1 atom stereocenters. The Labute approximate surface area is 209 Å². The Morgan fingerprint density at radius 2 is 1.81 bits per heavy atom. The molecule has 2 aromatic rings. The molecular weight excluding hydrogens is 470 g/mol. The first-order valence-corrected chi connectivity index (χ1v) is 12.6. The van der Waals surface area contributed by atoms with Gasteiger partial charge in [0, 0.05) is 51.3 Å². The summed E-state index contributed by atoms with van der Waals surface area (Å²) in [5.41, 5.74) is 2.94. The van der Waals surface area contributed by atoms with E-state index in [9.17, 15) is 18.4 Å². The van der Waals surface area contributed by atoms with Crippen LogP contribution in [0.4, 0.5) is 25.0 Å². The van der Waals surface area contributed by atoms with Crippen LogP contribution < -0.4 is 9.80 Å². The molecule has 1 aromatic heterocycles. The van der Waals surface area contributed by atoms with E-state index in [1.54, 1.807) is 11.1 Å². The summed E-state index contributed by atoms with van der Waals surface area (Å²) in [5, 5.41) is 4.56. The Balaban J connectivity index is 1.42. The van der Waals surface area contributed by atoms with Gasteiger partial charge in [-0.3, -0.25) is 14.4 Å². The minimum Gasteiger partial charge on any atom is -0.446 e. The van der Waals surface area contributed by atoms with Crippen molar-refractivity contribution in [2.24, 2.45) is 0 Å². The van der Waals surface area contributed by atoms with E-state index in [0.29, 0.717) is 24.6 Å². The molecule has 2 fully saturated rings. The number of nitrogens with zero attached hydrogens (tertiary/aromatic N) is 4. The average Bonchev–Trinajstić information content (AvgIpc) is 3.35. The molecule has 0 N–H and O–H groups in total. The van der Waals surface area contributed by atoms with Crippen LogP contribution in [0, 0.1) is 0 Å². The lowest BCUT2D eigenvalue weighted by atomic mass is 9.94. The lowest BCUT2D eigenvalue weighted by Gasteiger charge is -2.41. The molecule has 0 spiro atoms. The van der Waals surface area contributed by atoms with Gasteiger partial charge in [-0.1, -0.05) is 6.07 Å². The molecule has 1 aliphatic carbocycles. The van der Waals surface area contributed by atoms with E-state index in [-0.39, 0.29) is 50.2 Å². The van der Waals surface area contributed by atoms with Gasteiger partial charge in [-0.05, 0) is 50.3 Å². The topological polar surface area (TPSA) is 76.9 Å². The van der Waals surface area contributed by atoms with E-state index in [2.05, 4.69) is 5.10 Å². The second kappa shape index (κ2) is 9.80. The number of carbonyl (C=O) groups excluding carboxylic acids is 2. The second-order valence-electron chi connectivity index (χ2n) is 10.0. The molecular formula is C26H32F2N4O4. The van der Waals surface area contributed by atoms with Gasteiger partial charge in [-0.25, -0.2) is 13.6 Å². The number of rotatable bonds is 3.